The maximum atomic E-state index is 13.0. The van der Waals surface area contributed by atoms with Gasteiger partial charge < -0.3 is 14.4 Å². The predicted molar refractivity (Wildman–Crippen MR) is 147 cm³/mol. The van der Waals surface area contributed by atoms with E-state index in [4.69, 9.17) is 4.74 Å². The number of rotatable bonds is 6. The van der Waals surface area contributed by atoms with E-state index in [9.17, 15) is 23.1 Å². The number of fused-ring (bicyclic) bond motifs is 7. The number of hydrogen-bond acceptors (Lipinski definition) is 5. The monoisotopic (exact) mass is 551 g/mol. The van der Waals surface area contributed by atoms with Crippen LogP contribution in [-0.2, 0) is 21.5 Å². The van der Waals surface area contributed by atoms with Crippen molar-refractivity contribution >= 4 is 33.0 Å². The van der Waals surface area contributed by atoms with Gasteiger partial charge >= 0.3 is 16.2 Å². The Morgan fingerprint density at radius 3 is 2.51 bits per heavy atom. The number of amides is 1. The fourth-order valence-corrected chi connectivity index (χ4v) is 7.22. The Morgan fingerprint density at radius 2 is 1.85 bits per heavy atom. The van der Waals surface area contributed by atoms with Gasteiger partial charge in [0.15, 0.2) is 0 Å². The lowest BCUT2D eigenvalue weighted by Crippen LogP contribution is -2.39. The van der Waals surface area contributed by atoms with Crippen LogP contribution < -0.4 is 9.46 Å². The van der Waals surface area contributed by atoms with E-state index in [0.29, 0.717) is 18.1 Å². The van der Waals surface area contributed by atoms with Crippen LogP contribution in [-0.4, -0.2) is 55.5 Å². The second-order valence-corrected chi connectivity index (χ2v) is 13.2. The number of benzene rings is 2. The lowest BCUT2D eigenvalue weighted by atomic mass is 9.81. The summed E-state index contributed by atoms with van der Waals surface area (Å²) in [5.74, 6) is -0.676. The molecule has 0 radical (unpaired) electrons. The number of nitrogens with one attached hydrogen (secondary N) is 1. The van der Waals surface area contributed by atoms with Crippen molar-refractivity contribution in [2.24, 2.45) is 5.41 Å². The van der Waals surface area contributed by atoms with Gasteiger partial charge in [-0.25, -0.2) is 4.72 Å². The largest absolute Gasteiger partial charge is 0.497 e. The number of ether oxygens (including phenoxy) is 1. The molecule has 39 heavy (non-hydrogen) atoms. The van der Waals surface area contributed by atoms with E-state index < -0.39 is 27.5 Å². The summed E-state index contributed by atoms with van der Waals surface area (Å²) in [5.41, 5.74) is 4.24. The molecule has 2 N–H and O–H groups in total. The standard InChI is InChI=1S/C29H33N3O6S/c1-31(2)39(36,37)30-27(33)18-9-11-21-24(13-18)32-16-29(28(34)35)15-23(29)22-14-19(38-3)10-12-20(22)26(32)25(21)17-7-5-4-6-8-17/h9-14,17,23H,4-8,15-16H2,1-3H3,(H,30,33)(H,34,35)/t23-,29-/m1/s1. The van der Waals surface area contributed by atoms with Crippen LogP contribution in [0.3, 0.4) is 0 Å². The fraction of sp³-hybridized carbons (Fsp3) is 0.448. The molecule has 206 valence electrons. The van der Waals surface area contributed by atoms with Gasteiger partial charge in [-0.15, -0.1) is 0 Å². The Kier molecular flexibility index (Phi) is 6.03. The molecule has 10 heteroatoms. The van der Waals surface area contributed by atoms with Crippen molar-refractivity contribution < 1.29 is 27.9 Å². The Morgan fingerprint density at radius 1 is 1.10 bits per heavy atom. The highest BCUT2D eigenvalue weighted by atomic mass is 32.2. The molecule has 6 rings (SSSR count). The van der Waals surface area contributed by atoms with Gasteiger partial charge in [0.2, 0.25) is 0 Å². The van der Waals surface area contributed by atoms with Crippen molar-refractivity contribution in [2.75, 3.05) is 21.2 Å². The second-order valence-electron chi connectivity index (χ2n) is 11.3. The molecule has 3 aliphatic rings. The summed E-state index contributed by atoms with van der Waals surface area (Å²) in [6.45, 7) is 0.281. The van der Waals surface area contributed by atoms with Crippen LogP contribution in [0.2, 0.25) is 0 Å². The van der Waals surface area contributed by atoms with Crippen LogP contribution in [0.1, 0.15) is 71.8 Å². The maximum absolute atomic E-state index is 13.0. The van der Waals surface area contributed by atoms with E-state index in [0.717, 1.165) is 57.7 Å². The molecule has 2 saturated carbocycles. The first-order valence-corrected chi connectivity index (χ1v) is 14.8. The van der Waals surface area contributed by atoms with Crippen molar-refractivity contribution in [1.82, 2.24) is 13.6 Å². The summed E-state index contributed by atoms with van der Waals surface area (Å²) in [4.78, 5) is 25.7. The van der Waals surface area contributed by atoms with Crippen LogP contribution in [0.5, 0.6) is 5.75 Å². The number of hydrogen-bond donors (Lipinski definition) is 2. The third-order valence-corrected chi connectivity index (χ3v) is 10.3. The number of nitrogens with zero attached hydrogens (tertiary/aromatic N) is 2. The van der Waals surface area contributed by atoms with Crippen LogP contribution >= 0.6 is 0 Å². The lowest BCUT2D eigenvalue weighted by molar-refractivity contribution is -0.144. The number of carboxylic acids is 1. The average molecular weight is 552 g/mol. The molecule has 1 aromatic heterocycles. The minimum absolute atomic E-state index is 0.133. The minimum Gasteiger partial charge on any atom is -0.497 e. The van der Waals surface area contributed by atoms with Gasteiger partial charge in [0.05, 0.1) is 18.2 Å². The second kappa shape index (κ2) is 9.09. The van der Waals surface area contributed by atoms with E-state index in [1.54, 1.807) is 19.2 Å². The van der Waals surface area contributed by atoms with Crippen LogP contribution in [0, 0.1) is 5.41 Å². The van der Waals surface area contributed by atoms with E-state index in [1.165, 1.54) is 26.1 Å². The topological polar surface area (TPSA) is 118 Å². The van der Waals surface area contributed by atoms with E-state index in [2.05, 4.69) is 9.29 Å². The smallest absolute Gasteiger partial charge is 0.312 e. The molecule has 0 spiro atoms. The van der Waals surface area contributed by atoms with Crippen LogP contribution in [0.15, 0.2) is 36.4 Å². The van der Waals surface area contributed by atoms with E-state index in [1.807, 2.05) is 24.3 Å². The molecule has 3 aromatic rings. The zero-order valence-corrected chi connectivity index (χ0v) is 23.2. The number of carbonyl (C=O) groups is 2. The first kappa shape index (κ1) is 25.9. The molecule has 2 aliphatic carbocycles. The molecule has 9 nitrogen and oxygen atoms in total. The Hall–Kier alpha value is -3.37. The van der Waals surface area contributed by atoms with E-state index >= 15 is 0 Å². The Bertz CT molecular complexity index is 1620. The number of aliphatic carboxylic acids is 1. The third-order valence-electron chi connectivity index (χ3n) is 8.91. The summed E-state index contributed by atoms with van der Waals surface area (Å²) in [6.07, 6.45) is 6.10. The molecule has 2 aromatic carbocycles. The van der Waals surface area contributed by atoms with Gasteiger partial charge in [-0.3, -0.25) is 9.59 Å². The van der Waals surface area contributed by atoms with Gasteiger partial charge in [-0.05, 0) is 66.6 Å². The lowest BCUT2D eigenvalue weighted by Gasteiger charge is -2.24. The predicted octanol–water partition coefficient (Wildman–Crippen LogP) is 4.47. The number of carbonyl (C=O) groups excluding carboxylic acids is 1. The van der Waals surface area contributed by atoms with Gasteiger partial charge in [-0.1, -0.05) is 25.3 Å². The third kappa shape index (κ3) is 4.03. The van der Waals surface area contributed by atoms with Crippen molar-refractivity contribution in [2.45, 2.75) is 56.9 Å². The van der Waals surface area contributed by atoms with Crippen molar-refractivity contribution in [3.05, 3.63) is 53.1 Å². The zero-order valence-electron chi connectivity index (χ0n) is 22.4. The summed E-state index contributed by atoms with van der Waals surface area (Å²) in [6, 6.07) is 11.2. The molecule has 1 aliphatic heterocycles. The highest BCUT2D eigenvalue weighted by Crippen LogP contribution is 2.65. The summed E-state index contributed by atoms with van der Waals surface area (Å²) in [7, 11) is 0.354. The van der Waals surface area contributed by atoms with Crippen molar-refractivity contribution in [1.29, 1.82) is 0 Å². The highest BCUT2D eigenvalue weighted by Gasteiger charge is 2.63. The summed E-state index contributed by atoms with van der Waals surface area (Å²) < 4.78 is 35.3. The molecule has 2 fully saturated rings. The van der Waals surface area contributed by atoms with Gasteiger partial charge in [0, 0.05) is 48.6 Å². The SMILES string of the molecule is COc1ccc2c(c1)[C@H]1C[C@@]1(C(=O)O)Cn1c-2c(C2CCCCC2)c2ccc(C(=O)NS(=O)(=O)N(C)C)cc21. The van der Waals surface area contributed by atoms with Gasteiger partial charge in [0.1, 0.15) is 5.75 Å². The Balaban J connectivity index is 1.60. The quantitative estimate of drug-likeness (QED) is 0.467. The summed E-state index contributed by atoms with van der Waals surface area (Å²) in [5, 5.41) is 11.4. The van der Waals surface area contributed by atoms with Gasteiger partial charge in [0.25, 0.3) is 5.91 Å². The molecule has 0 saturated heterocycles. The van der Waals surface area contributed by atoms with Crippen molar-refractivity contribution in [3.63, 3.8) is 0 Å². The maximum Gasteiger partial charge on any atom is 0.312 e. The van der Waals surface area contributed by atoms with Crippen LogP contribution in [0.25, 0.3) is 22.2 Å². The fourth-order valence-electron chi connectivity index (χ4n) is 6.69. The molecule has 2 heterocycles. The first-order valence-electron chi connectivity index (χ1n) is 13.4. The molecule has 1 amide bonds. The van der Waals surface area contributed by atoms with E-state index in [-0.39, 0.29) is 18.0 Å². The number of aromatic nitrogens is 1. The molecular formula is C29H33N3O6S. The first-order chi connectivity index (χ1) is 18.6. The molecule has 0 bridgehead atoms. The normalized spacial score (nSPS) is 22.5. The number of carboxylic acid groups (broad SMARTS) is 1. The highest BCUT2D eigenvalue weighted by molar-refractivity contribution is 7.87. The van der Waals surface area contributed by atoms with Gasteiger partial charge in [-0.2, -0.15) is 12.7 Å². The molecule has 0 unspecified atom stereocenters. The number of methoxy groups -OCH3 is 1. The van der Waals surface area contributed by atoms with Crippen molar-refractivity contribution in [3.8, 4) is 17.0 Å². The Labute approximate surface area is 227 Å². The minimum atomic E-state index is -3.97. The molecular weight excluding hydrogens is 518 g/mol. The average Bonchev–Trinajstić information content (AvgIpc) is 3.59. The molecule has 2 atom stereocenters. The zero-order chi connectivity index (χ0) is 27.7. The van der Waals surface area contributed by atoms with Crippen LogP contribution in [0.4, 0.5) is 0 Å². The summed E-state index contributed by atoms with van der Waals surface area (Å²) >= 11 is 0.